The summed E-state index contributed by atoms with van der Waals surface area (Å²) in [6, 6.07) is 0.594. The number of rotatable bonds is 7. The first-order valence-electron chi connectivity index (χ1n) is 6.75. The van der Waals surface area contributed by atoms with E-state index < -0.39 is 6.10 Å². The van der Waals surface area contributed by atoms with Gasteiger partial charge in [0.1, 0.15) is 0 Å². The summed E-state index contributed by atoms with van der Waals surface area (Å²) >= 11 is 0. The molecule has 1 atom stereocenters. The number of carbonyl (C=O) groups excluding carboxylic acids is 1. The molecule has 0 saturated heterocycles. The van der Waals surface area contributed by atoms with Crippen molar-refractivity contribution >= 4 is 5.97 Å². The Morgan fingerprint density at radius 2 is 2.06 bits per heavy atom. The minimum atomic E-state index is -0.602. The second-order valence-corrected chi connectivity index (χ2v) is 4.69. The van der Waals surface area contributed by atoms with Crippen molar-refractivity contribution in [3.05, 3.63) is 0 Å². The van der Waals surface area contributed by atoms with Crippen LogP contribution in [0.1, 0.15) is 46.0 Å². The van der Waals surface area contributed by atoms with Crippen molar-refractivity contribution in [1.29, 1.82) is 0 Å². The van der Waals surface area contributed by atoms with Crippen LogP contribution in [0.2, 0.25) is 0 Å². The number of likely N-dealkylation sites (N-methyl/N-ethyl adjacent to an activating group) is 1. The molecule has 0 aromatic rings. The van der Waals surface area contributed by atoms with Gasteiger partial charge in [-0.05, 0) is 26.3 Å². The summed E-state index contributed by atoms with van der Waals surface area (Å²) in [5.74, 6) is -0.303. The Bertz CT molecular complexity index is 227. The Hall–Kier alpha value is -0.610. The van der Waals surface area contributed by atoms with Gasteiger partial charge in [0, 0.05) is 12.6 Å². The zero-order chi connectivity index (χ0) is 12.7. The van der Waals surface area contributed by atoms with E-state index in [0.717, 1.165) is 6.54 Å². The lowest BCUT2D eigenvalue weighted by atomic mass is 10.1. The fourth-order valence-electron chi connectivity index (χ4n) is 2.55. The van der Waals surface area contributed by atoms with Gasteiger partial charge in [-0.15, -0.1) is 0 Å². The van der Waals surface area contributed by atoms with Crippen LogP contribution >= 0.6 is 0 Å². The molecule has 0 amide bonds. The SMILES string of the molecule is CCOC(=O)CC(O)CN(CC)C1CCCC1. The summed E-state index contributed by atoms with van der Waals surface area (Å²) in [7, 11) is 0. The van der Waals surface area contributed by atoms with Gasteiger partial charge in [0.2, 0.25) is 0 Å². The Labute approximate surface area is 104 Å². The van der Waals surface area contributed by atoms with Crippen LogP contribution < -0.4 is 0 Å². The first kappa shape index (κ1) is 14.5. The third kappa shape index (κ3) is 5.04. The van der Waals surface area contributed by atoms with Crippen molar-refractivity contribution in [3.8, 4) is 0 Å². The number of nitrogens with zero attached hydrogens (tertiary/aromatic N) is 1. The predicted molar refractivity (Wildman–Crippen MR) is 66.8 cm³/mol. The van der Waals surface area contributed by atoms with Crippen LogP contribution in [-0.2, 0) is 9.53 Å². The molecule has 0 radical (unpaired) electrons. The number of ether oxygens (including phenoxy) is 1. The van der Waals surface area contributed by atoms with Crippen molar-refractivity contribution in [3.63, 3.8) is 0 Å². The van der Waals surface area contributed by atoms with E-state index in [9.17, 15) is 9.90 Å². The van der Waals surface area contributed by atoms with E-state index in [1.807, 2.05) is 0 Å². The second-order valence-electron chi connectivity index (χ2n) is 4.69. The Morgan fingerprint density at radius 1 is 1.41 bits per heavy atom. The third-order valence-electron chi connectivity index (χ3n) is 3.40. The van der Waals surface area contributed by atoms with Crippen molar-refractivity contribution in [2.75, 3.05) is 19.7 Å². The largest absolute Gasteiger partial charge is 0.466 e. The zero-order valence-corrected chi connectivity index (χ0v) is 11.0. The first-order chi connectivity index (χ1) is 8.17. The molecule has 1 rings (SSSR count). The molecule has 0 heterocycles. The van der Waals surface area contributed by atoms with Gasteiger partial charge in [0.15, 0.2) is 0 Å². The molecule has 0 spiro atoms. The molecule has 1 aliphatic carbocycles. The molecule has 1 unspecified atom stereocenters. The minimum Gasteiger partial charge on any atom is -0.466 e. The lowest BCUT2D eigenvalue weighted by Crippen LogP contribution is -2.39. The van der Waals surface area contributed by atoms with E-state index >= 15 is 0 Å². The van der Waals surface area contributed by atoms with Crippen LogP contribution in [0.4, 0.5) is 0 Å². The van der Waals surface area contributed by atoms with Crippen LogP contribution in [0.25, 0.3) is 0 Å². The van der Waals surface area contributed by atoms with Crippen molar-refractivity contribution in [1.82, 2.24) is 4.90 Å². The molecule has 0 bridgehead atoms. The van der Waals surface area contributed by atoms with E-state index in [0.29, 0.717) is 19.2 Å². The molecule has 1 N–H and O–H groups in total. The molecular formula is C13H25NO3. The molecule has 1 fully saturated rings. The van der Waals surface area contributed by atoms with E-state index in [1.54, 1.807) is 6.92 Å². The molecule has 1 saturated carbocycles. The lowest BCUT2D eigenvalue weighted by Gasteiger charge is -2.29. The summed E-state index contributed by atoms with van der Waals surface area (Å²) in [6.07, 6.45) is 4.52. The molecule has 0 aliphatic heterocycles. The highest BCUT2D eigenvalue weighted by atomic mass is 16.5. The molecule has 1 aliphatic rings. The van der Waals surface area contributed by atoms with Gasteiger partial charge in [-0.1, -0.05) is 19.8 Å². The summed E-state index contributed by atoms with van der Waals surface area (Å²) in [5, 5.41) is 9.87. The summed E-state index contributed by atoms with van der Waals surface area (Å²) in [6.45, 7) is 5.78. The number of hydrogen-bond donors (Lipinski definition) is 1. The number of hydrogen-bond acceptors (Lipinski definition) is 4. The summed E-state index contributed by atoms with van der Waals surface area (Å²) < 4.78 is 4.84. The van der Waals surface area contributed by atoms with Crippen LogP contribution in [0.15, 0.2) is 0 Å². The number of carbonyl (C=O) groups is 1. The normalized spacial score (nSPS) is 18.6. The molecule has 0 aromatic heterocycles. The monoisotopic (exact) mass is 243 g/mol. The molecule has 100 valence electrons. The van der Waals surface area contributed by atoms with Gasteiger partial charge in [-0.25, -0.2) is 0 Å². The molecular weight excluding hydrogens is 218 g/mol. The maximum absolute atomic E-state index is 11.2. The fraction of sp³-hybridized carbons (Fsp3) is 0.923. The van der Waals surface area contributed by atoms with Crippen LogP contribution in [0.3, 0.4) is 0 Å². The predicted octanol–water partition coefficient (Wildman–Crippen LogP) is 1.56. The van der Waals surface area contributed by atoms with E-state index in [2.05, 4.69) is 11.8 Å². The van der Waals surface area contributed by atoms with Crippen LogP contribution in [0.5, 0.6) is 0 Å². The maximum Gasteiger partial charge on any atom is 0.308 e. The van der Waals surface area contributed by atoms with Gasteiger partial charge in [0.05, 0.1) is 19.1 Å². The molecule has 17 heavy (non-hydrogen) atoms. The van der Waals surface area contributed by atoms with E-state index in [1.165, 1.54) is 25.7 Å². The van der Waals surface area contributed by atoms with Gasteiger partial charge >= 0.3 is 5.97 Å². The molecule has 4 heteroatoms. The maximum atomic E-state index is 11.2. The first-order valence-corrected chi connectivity index (χ1v) is 6.75. The van der Waals surface area contributed by atoms with Crippen molar-refractivity contribution < 1.29 is 14.6 Å². The fourth-order valence-corrected chi connectivity index (χ4v) is 2.55. The summed E-state index contributed by atoms with van der Waals surface area (Å²) in [4.78, 5) is 13.5. The molecule has 4 nitrogen and oxygen atoms in total. The van der Waals surface area contributed by atoms with Crippen LogP contribution in [-0.4, -0.2) is 47.8 Å². The standard InChI is InChI=1S/C13H25NO3/c1-3-14(11-7-5-6-8-11)10-12(15)9-13(16)17-4-2/h11-12,15H,3-10H2,1-2H3. The zero-order valence-electron chi connectivity index (χ0n) is 11.0. The van der Waals surface area contributed by atoms with Gasteiger partial charge < -0.3 is 9.84 Å². The van der Waals surface area contributed by atoms with Crippen molar-refractivity contribution in [2.24, 2.45) is 0 Å². The average molecular weight is 243 g/mol. The highest BCUT2D eigenvalue weighted by Crippen LogP contribution is 2.23. The van der Waals surface area contributed by atoms with E-state index in [4.69, 9.17) is 4.74 Å². The van der Waals surface area contributed by atoms with Gasteiger partial charge in [-0.2, -0.15) is 0 Å². The van der Waals surface area contributed by atoms with Crippen molar-refractivity contribution in [2.45, 2.75) is 58.1 Å². The summed E-state index contributed by atoms with van der Waals surface area (Å²) in [5.41, 5.74) is 0. The lowest BCUT2D eigenvalue weighted by molar-refractivity contribution is -0.145. The average Bonchev–Trinajstić information content (AvgIpc) is 2.79. The number of aliphatic hydroxyl groups is 1. The smallest absolute Gasteiger partial charge is 0.308 e. The Balaban J connectivity index is 2.31. The topological polar surface area (TPSA) is 49.8 Å². The minimum absolute atomic E-state index is 0.108. The highest BCUT2D eigenvalue weighted by Gasteiger charge is 2.24. The Morgan fingerprint density at radius 3 is 2.59 bits per heavy atom. The Kier molecular flexibility index (Phi) is 6.52. The highest BCUT2D eigenvalue weighted by molar-refractivity contribution is 5.69. The van der Waals surface area contributed by atoms with Gasteiger partial charge in [0.25, 0.3) is 0 Å². The van der Waals surface area contributed by atoms with Crippen LogP contribution in [0, 0.1) is 0 Å². The number of esters is 1. The number of aliphatic hydroxyl groups excluding tert-OH is 1. The van der Waals surface area contributed by atoms with E-state index in [-0.39, 0.29) is 12.4 Å². The second kappa shape index (κ2) is 7.67. The molecule has 0 aromatic carbocycles. The quantitative estimate of drug-likeness (QED) is 0.689. The van der Waals surface area contributed by atoms with Gasteiger partial charge in [-0.3, -0.25) is 9.69 Å². The third-order valence-corrected chi connectivity index (χ3v) is 3.40.